The van der Waals surface area contributed by atoms with Gasteiger partial charge in [-0.05, 0) is 44.1 Å². The molecule has 1 amide bonds. The van der Waals surface area contributed by atoms with Crippen molar-refractivity contribution in [3.8, 4) is 0 Å². The van der Waals surface area contributed by atoms with Gasteiger partial charge in [0.15, 0.2) is 5.82 Å². The fourth-order valence-electron chi connectivity index (χ4n) is 3.65. The van der Waals surface area contributed by atoms with Crippen molar-refractivity contribution in [3.63, 3.8) is 0 Å². The maximum Gasteiger partial charge on any atom is 0.249 e. The first-order chi connectivity index (χ1) is 11.2. The standard InChI is InChI=1S/C18H21N3O2/c1-12-19-17(23-20-12)16-9-5-6-10-21(16)18(22)15-11-14(15)13-7-3-2-4-8-13/h2-4,7-8,14-16H,5-6,9-11H2,1H3/t14-,15+,16-/m0/s1. The molecule has 0 unspecified atom stereocenters. The molecule has 3 atom stereocenters. The molecule has 1 aromatic heterocycles. The van der Waals surface area contributed by atoms with Crippen LogP contribution in [0.25, 0.3) is 0 Å². The number of aryl methyl sites for hydroxylation is 1. The van der Waals surface area contributed by atoms with Crippen molar-refractivity contribution in [2.45, 2.75) is 44.6 Å². The van der Waals surface area contributed by atoms with E-state index >= 15 is 0 Å². The van der Waals surface area contributed by atoms with E-state index in [0.29, 0.717) is 17.6 Å². The Morgan fingerprint density at radius 2 is 2.09 bits per heavy atom. The Morgan fingerprint density at radius 1 is 1.26 bits per heavy atom. The number of piperidine rings is 1. The lowest BCUT2D eigenvalue weighted by molar-refractivity contribution is -0.137. The van der Waals surface area contributed by atoms with Gasteiger partial charge in [-0.25, -0.2) is 0 Å². The van der Waals surface area contributed by atoms with Crippen LogP contribution in [0.15, 0.2) is 34.9 Å². The average molecular weight is 311 g/mol. The summed E-state index contributed by atoms with van der Waals surface area (Å²) in [5.41, 5.74) is 1.27. The third kappa shape index (κ3) is 2.76. The van der Waals surface area contributed by atoms with E-state index in [1.54, 1.807) is 0 Å². The Kier molecular flexibility index (Phi) is 3.63. The Bertz CT molecular complexity index is 697. The fraction of sp³-hybridized carbons (Fsp3) is 0.500. The largest absolute Gasteiger partial charge is 0.337 e. The first-order valence-electron chi connectivity index (χ1n) is 8.39. The predicted octanol–water partition coefficient (Wildman–Crippen LogP) is 3.24. The quantitative estimate of drug-likeness (QED) is 0.873. The molecule has 1 aliphatic heterocycles. The highest BCUT2D eigenvalue weighted by Crippen LogP contribution is 2.49. The zero-order chi connectivity index (χ0) is 15.8. The number of amides is 1. The van der Waals surface area contributed by atoms with Crippen LogP contribution in [-0.4, -0.2) is 27.5 Å². The van der Waals surface area contributed by atoms with Crippen molar-refractivity contribution in [1.29, 1.82) is 0 Å². The zero-order valence-corrected chi connectivity index (χ0v) is 13.3. The number of carbonyl (C=O) groups excluding carboxylic acids is 1. The van der Waals surface area contributed by atoms with E-state index in [1.807, 2.05) is 30.0 Å². The van der Waals surface area contributed by atoms with Crippen molar-refractivity contribution in [1.82, 2.24) is 15.0 Å². The van der Waals surface area contributed by atoms with Gasteiger partial charge in [-0.3, -0.25) is 4.79 Å². The Balaban J connectivity index is 1.51. The topological polar surface area (TPSA) is 59.2 Å². The molecule has 1 saturated heterocycles. The summed E-state index contributed by atoms with van der Waals surface area (Å²) in [6.07, 6.45) is 4.02. The van der Waals surface area contributed by atoms with Crippen molar-refractivity contribution >= 4 is 5.91 Å². The molecule has 2 fully saturated rings. The second kappa shape index (κ2) is 5.80. The number of nitrogens with zero attached hydrogens (tertiary/aromatic N) is 3. The molecule has 4 rings (SSSR count). The maximum atomic E-state index is 13.0. The first-order valence-corrected chi connectivity index (χ1v) is 8.39. The SMILES string of the molecule is Cc1noc([C@@H]2CCCCN2C(=O)[C@@H]2C[C@H]2c2ccccc2)n1. The normalized spacial score (nSPS) is 27.0. The second-order valence-electron chi connectivity index (χ2n) is 6.58. The summed E-state index contributed by atoms with van der Waals surface area (Å²) in [6.45, 7) is 2.61. The second-order valence-corrected chi connectivity index (χ2v) is 6.58. The van der Waals surface area contributed by atoms with Crippen molar-refractivity contribution in [2.75, 3.05) is 6.54 Å². The van der Waals surface area contributed by atoms with Crippen LogP contribution in [0.1, 0.15) is 54.9 Å². The van der Waals surface area contributed by atoms with Crippen LogP contribution in [0.2, 0.25) is 0 Å². The van der Waals surface area contributed by atoms with E-state index < -0.39 is 0 Å². The summed E-state index contributed by atoms with van der Waals surface area (Å²) in [6, 6.07) is 10.3. The molecule has 2 aromatic rings. The van der Waals surface area contributed by atoms with Gasteiger partial charge in [0.05, 0.1) is 0 Å². The monoisotopic (exact) mass is 311 g/mol. The van der Waals surface area contributed by atoms with Gasteiger partial charge in [-0.1, -0.05) is 35.5 Å². The molecule has 0 bridgehead atoms. The molecule has 1 saturated carbocycles. The number of hydrogen-bond donors (Lipinski definition) is 0. The minimum atomic E-state index is -0.0468. The molecule has 5 heteroatoms. The van der Waals surface area contributed by atoms with Gasteiger partial charge in [0.1, 0.15) is 6.04 Å². The van der Waals surface area contributed by atoms with E-state index in [9.17, 15) is 4.79 Å². The van der Waals surface area contributed by atoms with Gasteiger partial charge < -0.3 is 9.42 Å². The van der Waals surface area contributed by atoms with Gasteiger partial charge in [0.2, 0.25) is 11.8 Å². The first kappa shape index (κ1) is 14.4. The smallest absolute Gasteiger partial charge is 0.249 e. The molecule has 2 heterocycles. The molecule has 0 N–H and O–H groups in total. The Morgan fingerprint density at radius 3 is 2.83 bits per heavy atom. The highest BCUT2D eigenvalue weighted by molar-refractivity contribution is 5.83. The molecule has 23 heavy (non-hydrogen) atoms. The summed E-state index contributed by atoms with van der Waals surface area (Å²) in [5.74, 6) is 1.95. The van der Waals surface area contributed by atoms with Gasteiger partial charge in [0, 0.05) is 12.5 Å². The molecule has 2 aliphatic rings. The van der Waals surface area contributed by atoms with E-state index in [2.05, 4.69) is 22.3 Å². The van der Waals surface area contributed by atoms with Crippen LogP contribution in [0.3, 0.4) is 0 Å². The molecule has 0 radical (unpaired) electrons. The van der Waals surface area contributed by atoms with Gasteiger partial charge in [-0.15, -0.1) is 0 Å². The molecule has 120 valence electrons. The molecular weight excluding hydrogens is 290 g/mol. The van der Waals surface area contributed by atoms with Gasteiger partial charge in [0.25, 0.3) is 0 Å². The highest BCUT2D eigenvalue weighted by atomic mass is 16.5. The molecule has 1 aliphatic carbocycles. The maximum absolute atomic E-state index is 13.0. The van der Waals surface area contributed by atoms with Crippen LogP contribution < -0.4 is 0 Å². The van der Waals surface area contributed by atoms with E-state index in [1.165, 1.54) is 5.56 Å². The average Bonchev–Trinajstić information content (AvgIpc) is 3.29. The third-order valence-corrected chi connectivity index (χ3v) is 4.95. The molecule has 0 spiro atoms. The number of likely N-dealkylation sites (tertiary alicyclic amines) is 1. The summed E-state index contributed by atoms with van der Waals surface area (Å²) < 4.78 is 5.34. The van der Waals surface area contributed by atoms with E-state index in [-0.39, 0.29) is 17.9 Å². The molecule has 5 nitrogen and oxygen atoms in total. The zero-order valence-electron chi connectivity index (χ0n) is 13.3. The third-order valence-electron chi connectivity index (χ3n) is 4.95. The van der Waals surface area contributed by atoms with Crippen LogP contribution in [0, 0.1) is 12.8 Å². The Labute approximate surface area is 135 Å². The number of carbonyl (C=O) groups is 1. The lowest BCUT2D eigenvalue weighted by Crippen LogP contribution is -2.39. The number of rotatable bonds is 3. The number of aromatic nitrogens is 2. The van der Waals surface area contributed by atoms with Crippen molar-refractivity contribution < 1.29 is 9.32 Å². The highest BCUT2D eigenvalue weighted by Gasteiger charge is 2.47. The molecule has 1 aromatic carbocycles. The number of benzene rings is 1. The summed E-state index contributed by atoms with van der Waals surface area (Å²) in [4.78, 5) is 19.3. The molecular formula is C18H21N3O2. The van der Waals surface area contributed by atoms with Crippen LogP contribution >= 0.6 is 0 Å². The number of hydrogen-bond acceptors (Lipinski definition) is 4. The lowest BCUT2D eigenvalue weighted by Gasteiger charge is -2.33. The Hall–Kier alpha value is -2.17. The lowest BCUT2D eigenvalue weighted by atomic mass is 10.0. The van der Waals surface area contributed by atoms with Gasteiger partial charge >= 0.3 is 0 Å². The summed E-state index contributed by atoms with van der Waals surface area (Å²) in [7, 11) is 0. The van der Waals surface area contributed by atoms with Crippen LogP contribution in [0.5, 0.6) is 0 Å². The minimum absolute atomic E-state index is 0.0468. The minimum Gasteiger partial charge on any atom is -0.337 e. The van der Waals surface area contributed by atoms with E-state index in [0.717, 1.165) is 32.2 Å². The summed E-state index contributed by atoms with van der Waals surface area (Å²) in [5, 5.41) is 3.88. The van der Waals surface area contributed by atoms with Crippen LogP contribution in [-0.2, 0) is 4.79 Å². The van der Waals surface area contributed by atoms with Crippen LogP contribution in [0.4, 0.5) is 0 Å². The van der Waals surface area contributed by atoms with Crippen molar-refractivity contribution in [2.24, 2.45) is 5.92 Å². The predicted molar refractivity (Wildman–Crippen MR) is 84.6 cm³/mol. The van der Waals surface area contributed by atoms with Crippen molar-refractivity contribution in [3.05, 3.63) is 47.6 Å². The summed E-state index contributed by atoms with van der Waals surface area (Å²) >= 11 is 0. The van der Waals surface area contributed by atoms with Gasteiger partial charge in [-0.2, -0.15) is 4.98 Å². The van der Waals surface area contributed by atoms with E-state index in [4.69, 9.17) is 4.52 Å². The fourth-order valence-corrected chi connectivity index (χ4v) is 3.65.